The summed E-state index contributed by atoms with van der Waals surface area (Å²) in [7, 11) is 0. The molecule has 0 aromatic rings. The van der Waals surface area contributed by atoms with E-state index < -0.39 is 18.0 Å². The minimum absolute atomic E-state index is 0.0142. The summed E-state index contributed by atoms with van der Waals surface area (Å²) in [5.74, 6) is -0.0791. The number of hydrogen-bond donors (Lipinski definition) is 3. The SMILES string of the molecule is CSCC1=N[C@H](CC2=C(C(=O)O)N3C(=O)[C@H]([C@@H](C)O)[C@H]3C2)CN1. The first-order chi connectivity index (χ1) is 10.9. The summed E-state index contributed by atoms with van der Waals surface area (Å²) >= 11 is 1.68. The average molecular weight is 339 g/mol. The van der Waals surface area contributed by atoms with Crippen LogP contribution in [0.5, 0.6) is 0 Å². The largest absolute Gasteiger partial charge is 0.477 e. The lowest BCUT2D eigenvalue weighted by Gasteiger charge is -2.44. The lowest BCUT2D eigenvalue weighted by Crippen LogP contribution is -2.61. The zero-order chi connectivity index (χ0) is 16.7. The number of hydrogen-bond acceptors (Lipinski definition) is 6. The van der Waals surface area contributed by atoms with Gasteiger partial charge < -0.3 is 20.4 Å². The molecular formula is C15H21N3O4S. The summed E-state index contributed by atoms with van der Waals surface area (Å²) in [6, 6.07) is -0.201. The Bertz CT molecular complexity index is 602. The predicted octanol–water partition coefficient (Wildman–Crippen LogP) is 0.0600. The van der Waals surface area contributed by atoms with Gasteiger partial charge in [-0.25, -0.2) is 4.79 Å². The van der Waals surface area contributed by atoms with Crippen LogP contribution < -0.4 is 5.32 Å². The number of rotatable bonds is 6. The second kappa shape index (κ2) is 6.16. The summed E-state index contributed by atoms with van der Waals surface area (Å²) in [5.41, 5.74) is 0.866. The molecule has 3 N–H and O–H groups in total. The monoisotopic (exact) mass is 339 g/mol. The minimum atomic E-state index is -1.07. The standard InChI is InChI=1S/C15H21N3O4S/c1-7(19)12-10-4-8(13(15(21)22)18(10)14(12)20)3-9-5-16-11(17-9)6-23-2/h7,9-10,12,19H,3-6H2,1-2H3,(H,16,17)(H,21,22)/t7-,9-,10-,12-/m1/s1. The third-order valence-corrected chi connectivity index (χ3v) is 5.23. The molecule has 0 radical (unpaired) electrons. The number of nitrogens with one attached hydrogen (secondary N) is 1. The first kappa shape index (κ1) is 16.3. The number of aliphatic imine (C=N–C) groups is 1. The van der Waals surface area contributed by atoms with Crippen LogP contribution in [0.1, 0.15) is 19.8 Å². The number of nitrogens with zero attached hydrogens (tertiary/aromatic N) is 2. The summed E-state index contributed by atoms with van der Waals surface area (Å²) in [5, 5.41) is 22.5. The smallest absolute Gasteiger partial charge is 0.352 e. The van der Waals surface area contributed by atoms with Crippen LogP contribution in [0.15, 0.2) is 16.3 Å². The van der Waals surface area contributed by atoms with E-state index in [1.54, 1.807) is 18.7 Å². The Hall–Kier alpha value is -1.54. The number of carbonyl (C=O) groups excluding carboxylic acids is 1. The van der Waals surface area contributed by atoms with Gasteiger partial charge in [0.25, 0.3) is 0 Å². The minimum Gasteiger partial charge on any atom is -0.477 e. The Balaban J connectivity index is 1.77. The third-order valence-electron chi connectivity index (χ3n) is 4.67. The highest BCUT2D eigenvalue weighted by Crippen LogP contribution is 2.45. The van der Waals surface area contributed by atoms with Crippen molar-refractivity contribution in [2.24, 2.45) is 10.9 Å². The Labute approximate surface area is 138 Å². The molecule has 126 valence electrons. The van der Waals surface area contributed by atoms with E-state index in [1.807, 2.05) is 6.26 Å². The van der Waals surface area contributed by atoms with E-state index in [0.717, 1.165) is 17.2 Å². The first-order valence-electron chi connectivity index (χ1n) is 7.70. The van der Waals surface area contributed by atoms with Gasteiger partial charge in [0.15, 0.2) is 0 Å². The quantitative estimate of drug-likeness (QED) is 0.592. The van der Waals surface area contributed by atoms with Gasteiger partial charge in [0.05, 0.1) is 29.9 Å². The summed E-state index contributed by atoms with van der Waals surface area (Å²) in [4.78, 5) is 29.7. The Morgan fingerprint density at radius 3 is 2.91 bits per heavy atom. The molecule has 0 aromatic carbocycles. The number of β-lactam (4-membered cyclic amide) rings is 1. The molecule has 3 aliphatic rings. The van der Waals surface area contributed by atoms with Crippen LogP contribution in [0.25, 0.3) is 0 Å². The number of aliphatic hydroxyl groups is 1. The van der Waals surface area contributed by atoms with Crippen molar-refractivity contribution < 1.29 is 19.8 Å². The van der Waals surface area contributed by atoms with Crippen molar-refractivity contribution in [1.82, 2.24) is 10.2 Å². The van der Waals surface area contributed by atoms with Crippen molar-refractivity contribution in [3.63, 3.8) is 0 Å². The fraction of sp³-hybridized carbons (Fsp3) is 0.667. The second-order valence-electron chi connectivity index (χ2n) is 6.25. The molecule has 8 heteroatoms. The maximum absolute atomic E-state index is 12.1. The molecule has 23 heavy (non-hydrogen) atoms. The number of carbonyl (C=O) groups is 2. The van der Waals surface area contributed by atoms with E-state index in [0.29, 0.717) is 19.4 Å². The van der Waals surface area contributed by atoms with E-state index in [4.69, 9.17) is 0 Å². The van der Waals surface area contributed by atoms with E-state index >= 15 is 0 Å². The number of aliphatic carboxylic acids is 1. The maximum Gasteiger partial charge on any atom is 0.352 e. The zero-order valence-corrected chi connectivity index (χ0v) is 14.0. The Morgan fingerprint density at radius 1 is 1.57 bits per heavy atom. The molecule has 0 aromatic heterocycles. The molecule has 3 heterocycles. The Morgan fingerprint density at radius 2 is 2.30 bits per heavy atom. The molecule has 7 nitrogen and oxygen atoms in total. The van der Waals surface area contributed by atoms with Gasteiger partial charge in [-0.3, -0.25) is 9.79 Å². The fourth-order valence-corrected chi connectivity index (χ4v) is 4.17. The van der Waals surface area contributed by atoms with Gasteiger partial charge in [-0.2, -0.15) is 11.8 Å². The zero-order valence-electron chi connectivity index (χ0n) is 13.2. The Kier molecular flexibility index (Phi) is 4.37. The molecule has 1 amide bonds. The number of fused-ring (bicyclic) bond motifs is 1. The number of amides is 1. The van der Waals surface area contributed by atoms with Gasteiger partial charge >= 0.3 is 5.97 Å². The van der Waals surface area contributed by atoms with Crippen molar-refractivity contribution >= 4 is 29.5 Å². The van der Waals surface area contributed by atoms with Crippen LogP contribution in [0.3, 0.4) is 0 Å². The molecule has 0 unspecified atom stereocenters. The van der Waals surface area contributed by atoms with Crippen LogP contribution in [0.2, 0.25) is 0 Å². The van der Waals surface area contributed by atoms with Crippen LogP contribution in [-0.4, -0.2) is 69.6 Å². The molecule has 0 aliphatic carbocycles. The number of amidine groups is 1. The van der Waals surface area contributed by atoms with E-state index in [1.165, 1.54) is 4.90 Å². The molecule has 1 saturated heterocycles. The molecule has 4 atom stereocenters. The highest BCUT2D eigenvalue weighted by atomic mass is 32.2. The maximum atomic E-state index is 12.1. The van der Waals surface area contributed by atoms with E-state index in [-0.39, 0.29) is 23.7 Å². The van der Waals surface area contributed by atoms with Crippen molar-refractivity contribution in [2.75, 3.05) is 18.6 Å². The number of carboxylic acid groups (broad SMARTS) is 1. The van der Waals surface area contributed by atoms with Gasteiger partial charge in [-0.15, -0.1) is 0 Å². The summed E-state index contributed by atoms with van der Waals surface area (Å²) in [6.45, 7) is 2.28. The van der Waals surface area contributed by atoms with E-state index in [2.05, 4.69) is 10.3 Å². The lowest BCUT2D eigenvalue weighted by atomic mass is 9.82. The van der Waals surface area contributed by atoms with Crippen LogP contribution in [0, 0.1) is 5.92 Å². The van der Waals surface area contributed by atoms with Gasteiger partial charge in [0.2, 0.25) is 5.91 Å². The molecular weight excluding hydrogens is 318 g/mol. The van der Waals surface area contributed by atoms with Crippen molar-refractivity contribution in [1.29, 1.82) is 0 Å². The molecule has 0 bridgehead atoms. The van der Waals surface area contributed by atoms with Gasteiger partial charge in [-0.05, 0) is 31.6 Å². The first-order valence-corrected chi connectivity index (χ1v) is 9.09. The molecule has 0 saturated carbocycles. The highest BCUT2D eigenvalue weighted by molar-refractivity contribution is 7.99. The van der Waals surface area contributed by atoms with Crippen LogP contribution in [-0.2, 0) is 9.59 Å². The lowest BCUT2D eigenvalue weighted by molar-refractivity contribution is -0.161. The summed E-state index contributed by atoms with van der Waals surface area (Å²) in [6.07, 6.45) is 2.32. The number of aliphatic hydroxyl groups excluding tert-OH is 1. The van der Waals surface area contributed by atoms with Crippen LogP contribution >= 0.6 is 11.8 Å². The predicted molar refractivity (Wildman–Crippen MR) is 87.3 cm³/mol. The summed E-state index contributed by atoms with van der Waals surface area (Å²) < 4.78 is 0. The molecule has 3 aliphatic heterocycles. The van der Waals surface area contributed by atoms with Gasteiger partial charge in [0, 0.05) is 6.54 Å². The normalized spacial score (nSPS) is 30.7. The molecule has 0 spiro atoms. The van der Waals surface area contributed by atoms with E-state index in [9.17, 15) is 19.8 Å². The van der Waals surface area contributed by atoms with Gasteiger partial charge in [0.1, 0.15) is 11.5 Å². The molecule has 1 fully saturated rings. The fourth-order valence-electron chi connectivity index (χ4n) is 3.72. The highest BCUT2D eigenvalue weighted by Gasteiger charge is 2.56. The van der Waals surface area contributed by atoms with Gasteiger partial charge in [-0.1, -0.05) is 0 Å². The second-order valence-corrected chi connectivity index (χ2v) is 7.12. The van der Waals surface area contributed by atoms with Crippen molar-refractivity contribution in [2.45, 2.75) is 38.0 Å². The third kappa shape index (κ3) is 2.74. The number of carboxylic acids is 1. The van der Waals surface area contributed by atoms with Crippen LogP contribution in [0.4, 0.5) is 0 Å². The average Bonchev–Trinajstić information content (AvgIpc) is 3.02. The van der Waals surface area contributed by atoms with Crippen molar-refractivity contribution in [3.05, 3.63) is 11.3 Å². The van der Waals surface area contributed by atoms with Crippen molar-refractivity contribution in [3.8, 4) is 0 Å². The molecule has 3 rings (SSSR count). The number of thioether (sulfide) groups is 1. The topological polar surface area (TPSA) is 102 Å².